The van der Waals surface area contributed by atoms with Crippen LogP contribution in [0.15, 0.2) is 69.9 Å². The van der Waals surface area contributed by atoms with Gasteiger partial charge in [0.25, 0.3) is 5.91 Å². The van der Waals surface area contributed by atoms with Gasteiger partial charge in [-0.05, 0) is 72.9 Å². The first kappa shape index (κ1) is 27.8. The van der Waals surface area contributed by atoms with Crippen molar-refractivity contribution in [2.24, 2.45) is 0 Å². The zero-order valence-corrected chi connectivity index (χ0v) is 23.9. The molecule has 208 valence electrons. The number of fused-ring (bicyclic) bond motifs is 2. The van der Waals surface area contributed by atoms with Gasteiger partial charge in [-0.1, -0.05) is 62.1 Å². The van der Waals surface area contributed by atoms with Crippen molar-refractivity contribution >= 4 is 28.5 Å². The van der Waals surface area contributed by atoms with E-state index >= 15 is 0 Å². The zero-order valence-electron chi connectivity index (χ0n) is 23.2. The number of amides is 1. The predicted octanol–water partition coefficient (Wildman–Crippen LogP) is 7.51. The summed E-state index contributed by atoms with van der Waals surface area (Å²) in [6.07, 6.45) is 5.14. The van der Waals surface area contributed by atoms with E-state index < -0.39 is 6.04 Å². The minimum Gasteiger partial charge on any atom is -0.497 e. The van der Waals surface area contributed by atoms with Crippen LogP contribution in [0.4, 0.5) is 0 Å². The van der Waals surface area contributed by atoms with E-state index in [9.17, 15) is 9.59 Å². The maximum atomic E-state index is 13.9. The van der Waals surface area contributed by atoms with Crippen LogP contribution in [0.1, 0.15) is 71.5 Å². The van der Waals surface area contributed by atoms with Crippen LogP contribution in [0.5, 0.6) is 11.5 Å². The van der Waals surface area contributed by atoms with E-state index in [-0.39, 0.29) is 17.1 Å². The highest BCUT2D eigenvalue weighted by molar-refractivity contribution is 6.32. The Morgan fingerprint density at radius 2 is 1.68 bits per heavy atom. The number of carbonyl (C=O) groups excluding carboxylic acids is 1. The summed E-state index contributed by atoms with van der Waals surface area (Å²) in [5.41, 5.74) is 3.13. The van der Waals surface area contributed by atoms with Crippen molar-refractivity contribution in [1.82, 2.24) is 4.90 Å². The number of ether oxygens (including phenoxy) is 2. The van der Waals surface area contributed by atoms with Gasteiger partial charge in [-0.25, -0.2) is 0 Å². The Morgan fingerprint density at radius 1 is 0.950 bits per heavy atom. The number of halogens is 1. The van der Waals surface area contributed by atoms with E-state index in [1.807, 2.05) is 55.5 Å². The van der Waals surface area contributed by atoms with Crippen molar-refractivity contribution in [3.05, 3.63) is 104 Å². The largest absolute Gasteiger partial charge is 0.497 e. The number of rotatable bonds is 11. The van der Waals surface area contributed by atoms with E-state index in [4.69, 9.17) is 25.5 Å². The molecular weight excluding hydrogens is 526 g/mol. The van der Waals surface area contributed by atoms with Gasteiger partial charge in [0, 0.05) is 11.6 Å². The van der Waals surface area contributed by atoms with Crippen molar-refractivity contribution in [2.45, 2.75) is 52.0 Å². The molecule has 1 atom stereocenters. The number of methoxy groups -OCH3 is 1. The van der Waals surface area contributed by atoms with Gasteiger partial charge in [0.2, 0.25) is 5.76 Å². The fourth-order valence-corrected chi connectivity index (χ4v) is 5.39. The topological polar surface area (TPSA) is 69.0 Å². The van der Waals surface area contributed by atoms with Crippen LogP contribution in [0.25, 0.3) is 11.0 Å². The van der Waals surface area contributed by atoms with Crippen molar-refractivity contribution in [2.75, 3.05) is 20.3 Å². The van der Waals surface area contributed by atoms with Crippen molar-refractivity contribution < 1.29 is 18.7 Å². The SMILES string of the molecule is CCCCCCOc1ccc(C2c3c(oc4cc(C)c(Cl)cc4c3=O)C(=O)N2CCc2ccc(OC)cc2)cc1. The van der Waals surface area contributed by atoms with Gasteiger partial charge >= 0.3 is 0 Å². The molecule has 0 fully saturated rings. The fraction of sp³-hybridized carbons (Fsp3) is 0.333. The molecule has 1 aromatic heterocycles. The van der Waals surface area contributed by atoms with Crippen molar-refractivity contribution in [3.8, 4) is 11.5 Å². The van der Waals surface area contributed by atoms with Crippen LogP contribution in [-0.4, -0.2) is 31.1 Å². The molecule has 5 rings (SSSR count). The first-order valence-electron chi connectivity index (χ1n) is 13.8. The summed E-state index contributed by atoms with van der Waals surface area (Å²) in [6.45, 7) is 5.10. The average molecular weight is 560 g/mol. The van der Waals surface area contributed by atoms with Crippen LogP contribution in [0, 0.1) is 6.92 Å². The molecule has 0 saturated carbocycles. The molecule has 40 heavy (non-hydrogen) atoms. The van der Waals surface area contributed by atoms with Gasteiger partial charge in [0.05, 0.1) is 30.7 Å². The maximum absolute atomic E-state index is 13.9. The molecule has 1 unspecified atom stereocenters. The lowest BCUT2D eigenvalue weighted by atomic mass is 9.98. The third-order valence-electron chi connectivity index (χ3n) is 7.51. The number of hydrogen-bond acceptors (Lipinski definition) is 5. The van der Waals surface area contributed by atoms with Crippen LogP contribution < -0.4 is 14.9 Å². The average Bonchev–Trinajstić information content (AvgIpc) is 3.25. The summed E-state index contributed by atoms with van der Waals surface area (Å²) in [5.74, 6) is 1.34. The normalized spacial score (nSPS) is 14.6. The molecule has 1 aliphatic rings. The lowest BCUT2D eigenvalue weighted by Gasteiger charge is -2.25. The minimum absolute atomic E-state index is 0.0928. The van der Waals surface area contributed by atoms with Gasteiger partial charge in [-0.2, -0.15) is 0 Å². The number of benzene rings is 3. The van der Waals surface area contributed by atoms with Crippen LogP contribution in [0.3, 0.4) is 0 Å². The number of unbranched alkanes of at least 4 members (excludes halogenated alkanes) is 3. The number of carbonyl (C=O) groups is 1. The highest BCUT2D eigenvalue weighted by Gasteiger charge is 2.42. The third kappa shape index (κ3) is 5.59. The smallest absolute Gasteiger partial charge is 0.290 e. The van der Waals surface area contributed by atoms with Crippen LogP contribution in [-0.2, 0) is 6.42 Å². The summed E-state index contributed by atoms with van der Waals surface area (Å²) >= 11 is 6.37. The number of hydrogen-bond donors (Lipinski definition) is 0. The van der Waals surface area contributed by atoms with E-state index in [1.165, 1.54) is 12.8 Å². The van der Waals surface area contributed by atoms with Crippen molar-refractivity contribution in [3.63, 3.8) is 0 Å². The minimum atomic E-state index is -0.583. The van der Waals surface area contributed by atoms with Crippen LogP contribution >= 0.6 is 11.6 Å². The molecule has 2 heterocycles. The Morgan fingerprint density at radius 3 is 2.38 bits per heavy atom. The molecule has 0 spiro atoms. The molecule has 0 saturated heterocycles. The summed E-state index contributed by atoms with van der Waals surface area (Å²) in [7, 11) is 1.63. The predicted molar refractivity (Wildman–Crippen MR) is 158 cm³/mol. The number of nitrogens with zero attached hydrogens (tertiary/aromatic N) is 1. The highest BCUT2D eigenvalue weighted by atomic mass is 35.5. The second kappa shape index (κ2) is 12.2. The van der Waals surface area contributed by atoms with Gasteiger partial charge in [-0.3, -0.25) is 9.59 Å². The summed E-state index contributed by atoms with van der Waals surface area (Å²) < 4.78 is 17.3. The molecule has 1 aliphatic heterocycles. The van der Waals surface area contributed by atoms with E-state index in [0.717, 1.165) is 41.0 Å². The zero-order chi connectivity index (χ0) is 28.2. The molecule has 0 aliphatic carbocycles. The quantitative estimate of drug-likeness (QED) is 0.178. The summed E-state index contributed by atoms with van der Waals surface area (Å²) in [5, 5.41) is 0.855. The Kier molecular flexibility index (Phi) is 8.46. The second-order valence-corrected chi connectivity index (χ2v) is 10.7. The van der Waals surface area contributed by atoms with Gasteiger partial charge < -0.3 is 18.8 Å². The Labute approximate surface area is 239 Å². The van der Waals surface area contributed by atoms with Gasteiger partial charge in [0.15, 0.2) is 5.43 Å². The van der Waals surface area contributed by atoms with E-state index in [1.54, 1.807) is 24.1 Å². The summed E-state index contributed by atoms with van der Waals surface area (Å²) in [6, 6.07) is 18.2. The Hall–Kier alpha value is -3.77. The van der Waals surface area contributed by atoms with Crippen LogP contribution in [0.2, 0.25) is 5.02 Å². The highest BCUT2D eigenvalue weighted by Crippen LogP contribution is 2.39. The monoisotopic (exact) mass is 559 g/mol. The molecule has 4 aromatic rings. The first-order valence-corrected chi connectivity index (χ1v) is 14.2. The lowest BCUT2D eigenvalue weighted by molar-refractivity contribution is 0.0730. The molecular formula is C33H34ClNO5. The van der Waals surface area contributed by atoms with Gasteiger partial charge in [0.1, 0.15) is 17.1 Å². The third-order valence-corrected chi connectivity index (χ3v) is 7.92. The lowest BCUT2D eigenvalue weighted by Crippen LogP contribution is -2.31. The van der Waals surface area contributed by atoms with E-state index in [2.05, 4.69) is 6.92 Å². The molecule has 0 radical (unpaired) electrons. The fourth-order valence-electron chi connectivity index (χ4n) is 5.22. The Bertz CT molecular complexity index is 1560. The molecule has 0 bridgehead atoms. The molecule has 7 heteroatoms. The maximum Gasteiger partial charge on any atom is 0.290 e. The van der Waals surface area contributed by atoms with Crippen molar-refractivity contribution in [1.29, 1.82) is 0 Å². The first-order chi connectivity index (χ1) is 19.4. The van der Waals surface area contributed by atoms with Gasteiger partial charge in [-0.15, -0.1) is 0 Å². The standard InChI is InChI=1S/C33H34ClNO5/c1-4-5-6-7-18-39-25-14-10-23(11-15-25)30-29-31(36)26-20-27(34)21(2)19-28(26)40-32(29)33(37)35(30)17-16-22-8-12-24(38-3)13-9-22/h8-15,19-20,30H,4-7,16-18H2,1-3H3. The molecule has 0 N–H and O–H groups in total. The summed E-state index contributed by atoms with van der Waals surface area (Å²) in [4.78, 5) is 29.4. The number of aryl methyl sites for hydroxylation is 1. The van der Waals surface area contributed by atoms with E-state index in [0.29, 0.717) is 41.1 Å². The second-order valence-electron chi connectivity index (χ2n) is 10.2. The molecule has 1 amide bonds. The molecule has 6 nitrogen and oxygen atoms in total. The molecule has 3 aromatic carbocycles. The Balaban J connectivity index is 1.49.